The van der Waals surface area contributed by atoms with E-state index in [1.807, 2.05) is 0 Å². The number of aromatic nitrogens is 5. The number of ketones is 1. The third-order valence-corrected chi connectivity index (χ3v) is 9.02. The molecule has 0 unspecified atom stereocenters. The van der Waals surface area contributed by atoms with E-state index >= 15 is 0 Å². The van der Waals surface area contributed by atoms with Crippen molar-refractivity contribution < 1.29 is 42.6 Å². The topological polar surface area (TPSA) is 283 Å². The van der Waals surface area contributed by atoms with Gasteiger partial charge in [0.1, 0.15) is 5.69 Å². The highest BCUT2D eigenvalue weighted by molar-refractivity contribution is 7.90. The standard InChI is InChI=1S/C26H31N9O11S2/c1-26(2,23(41)42)46-31-20(15-11-47-24(27)29-15)17(37)7-13-10-34(22(13)40)19(39)12-48(44,45)35-25(43)33(6-5-32(3)4)21(30-35)14-8-16(36)18(38)9-28-14/h8-9,11,13,38H,5-7,10,12H2,1-4H3,(H2,27,29)(H,28,36)(H,41,42)/b31-20-/t13-/m0/s1. The Morgan fingerprint density at radius 2 is 1.94 bits per heavy atom. The zero-order chi connectivity index (χ0) is 35.7. The molecule has 3 aromatic heterocycles. The normalized spacial score (nSPS) is 15.4. The van der Waals surface area contributed by atoms with E-state index in [4.69, 9.17) is 10.6 Å². The van der Waals surface area contributed by atoms with E-state index in [-0.39, 0.29) is 46.1 Å². The fourth-order valence-electron chi connectivity index (χ4n) is 4.18. The number of likely N-dealkylation sites (tertiary alicyclic amines) is 1. The number of anilines is 1. The molecule has 0 bridgehead atoms. The number of nitrogens with one attached hydrogen (secondary N) is 1. The van der Waals surface area contributed by atoms with E-state index in [2.05, 4.69) is 20.2 Å². The second-order valence-electron chi connectivity index (χ2n) is 11.3. The maximum atomic E-state index is 13.2. The van der Waals surface area contributed by atoms with E-state index in [0.717, 1.165) is 28.2 Å². The number of carbonyl (C=O) groups is 4. The summed E-state index contributed by atoms with van der Waals surface area (Å²) >= 11 is 0.970. The lowest BCUT2D eigenvalue weighted by Crippen LogP contribution is -2.57. The first kappa shape index (κ1) is 35.6. The predicted molar refractivity (Wildman–Crippen MR) is 168 cm³/mol. The Balaban J connectivity index is 1.51. The van der Waals surface area contributed by atoms with Crippen molar-refractivity contribution in [2.75, 3.05) is 38.7 Å². The summed E-state index contributed by atoms with van der Waals surface area (Å²) in [5, 5.41) is 27.8. The number of β-lactam (4-membered cyclic amide) rings is 1. The zero-order valence-corrected chi connectivity index (χ0v) is 27.6. The van der Waals surface area contributed by atoms with Gasteiger partial charge in [0.05, 0.1) is 11.6 Å². The number of nitrogen functional groups attached to an aromatic ring is 1. The quantitative estimate of drug-likeness (QED) is 0.0809. The number of carboxylic acid groups (broad SMARTS) is 1. The van der Waals surface area contributed by atoms with Crippen molar-refractivity contribution in [2.24, 2.45) is 11.1 Å². The summed E-state index contributed by atoms with van der Waals surface area (Å²) < 4.78 is 27.5. The molecular formula is C26H31N9O11S2. The fraction of sp³-hybridized carbons (Fsp3) is 0.423. The minimum absolute atomic E-state index is 0.0271. The molecule has 1 saturated heterocycles. The summed E-state index contributed by atoms with van der Waals surface area (Å²) in [6.45, 7) is 2.24. The SMILES string of the molecule is CN(C)CCn1c(-c2cc(=O)c(O)c[nH]2)nn(S(=O)(=O)CC(=O)N2C[C@H](CC(=O)/C(=N\OC(C)(C)C(=O)O)c3csc(N)n3)C2=O)c1=O. The van der Waals surface area contributed by atoms with Gasteiger partial charge in [0.15, 0.2) is 34.0 Å². The predicted octanol–water partition coefficient (Wildman–Crippen LogP) is -1.89. The van der Waals surface area contributed by atoms with Gasteiger partial charge in [0.25, 0.3) is 10.0 Å². The number of nitrogens with zero attached hydrogens (tertiary/aromatic N) is 7. The molecule has 20 nitrogen and oxygen atoms in total. The summed E-state index contributed by atoms with van der Waals surface area (Å²) in [5.41, 5.74) is 1.34. The molecule has 4 heterocycles. The molecule has 4 rings (SSSR count). The Morgan fingerprint density at radius 1 is 1.25 bits per heavy atom. The molecule has 2 amide bonds. The van der Waals surface area contributed by atoms with Crippen LogP contribution in [0.2, 0.25) is 0 Å². The Hall–Kier alpha value is -5.22. The van der Waals surface area contributed by atoms with Crippen molar-refractivity contribution in [3.63, 3.8) is 0 Å². The van der Waals surface area contributed by atoms with Crippen LogP contribution in [0.1, 0.15) is 26.0 Å². The Bertz CT molecular complexity index is 2040. The first-order valence-electron chi connectivity index (χ1n) is 13.9. The molecule has 22 heteroatoms. The van der Waals surface area contributed by atoms with E-state index in [9.17, 15) is 47.4 Å². The smallest absolute Gasteiger partial charge is 0.360 e. The molecule has 0 saturated carbocycles. The maximum absolute atomic E-state index is 13.2. The summed E-state index contributed by atoms with van der Waals surface area (Å²) in [6, 6.07) is 0.921. The van der Waals surface area contributed by atoms with Gasteiger partial charge in [-0.05, 0) is 27.9 Å². The number of pyridine rings is 1. The van der Waals surface area contributed by atoms with Crippen LogP contribution >= 0.6 is 11.3 Å². The number of hydrogen-bond donors (Lipinski definition) is 4. The number of aromatic amines is 1. The minimum Gasteiger partial charge on any atom is -0.503 e. The number of thiazole rings is 1. The van der Waals surface area contributed by atoms with Gasteiger partial charge < -0.3 is 30.7 Å². The van der Waals surface area contributed by atoms with Crippen molar-refractivity contribution in [1.82, 2.24) is 33.5 Å². The molecule has 0 aliphatic carbocycles. The van der Waals surface area contributed by atoms with Crippen LogP contribution in [0.15, 0.2) is 32.4 Å². The van der Waals surface area contributed by atoms with Gasteiger partial charge in [0.2, 0.25) is 22.8 Å². The fourth-order valence-corrected chi connectivity index (χ4v) is 5.85. The lowest BCUT2D eigenvalue weighted by atomic mass is 9.91. The highest BCUT2D eigenvalue weighted by Crippen LogP contribution is 2.24. The molecule has 1 fully saturated rings. The summed E-state index contributed by atoms with van der Waals surface area (Å²) in [6.07, 6.45) is 0.434. The van der Waals surface area contributed by atoms with E-state index in [0.29, 0.717) is 4.90 Å². The number of rotatable bonds is 14. The van der Waals surface area contributed by atoms with Crippen LogP contribution < -0.4 is 16.9 Å². The number of nitrogens with two attached hydrogens (primary N) is 1. The monoisotopic (exact) mass is 709 g/mol. The van der Waals surface area contributed by atoms with Crippen LogP contribution in [-0.2, 0) is 40.6 Å². The van der Waals surface area contributed by atoms with Gasteiger partial charge in [-0.2, -0.15) is 0 Å². The molecule has 258 valence electrons. The second-order valence-corrected chi connectivity index (χ2v) is 14.0. The number of Topliss-reactive ketones (excluding diaryl/α,β-unsaturated/α-hetero) is 1. The summed E-state index contributed by atoms with van der Waals surface area (Å²) in [7, 11) is -1.41. The molecule has 1 aliphatic rings. The molecule has 0 spiro atoms. The third-order valence-electron chi connectivity index (χ3n) is 6.97. The second kappa shape index (κ2) is 13.5. The molecule has 1 aliphatic heterocycles. The Morgan fingerprint density at radius 3 is 2.50 bits per heavy atom. The van der Waals surface area contributed by atoms with E-state index < -0.39 is 79.9 Å². The number of hydrogen-bond acceptors (Lipinski definition) is 16. The number of amides is 2. The number of aliphatic carboxylic acids is 1. The van der Waals surface area contributed by atoms with Crippen molar-refractivity contribution in [2.45, 2.75) is 32.4 Å². The van der Waals surface area contributed by atoms with Crippen molar-refractivity contribution in [1.29, 1.82) is 0 Å². The molecule has 0 aromatic carbocycles. The minimum atomic E-state index is -4.81. The summed E-state index contributed by atoms with van der Waals surface area (Å²) in [4.78, 5) is 89.4. The number of oxime groups is 1. The largest absolute Gasteiger partial charge is 0.503 e. The van der Waals surface area contributed by atoms with Gasteiger partial charge >= 0.3 is 11.7 Å². The average Bonchev–Trinajstić information content (AvgIpc) is 3.57. The van der Waals surface area contributed by atoms with Gasteiger partial charge in [-0.25, -0.2) is 23.0 Å². The van der Waals surface area contributed by atoms with Crippen molar-refractivity contribution in [3.8, 4) is 17.3 Å². The Kier molecular flexibility index (Phi) is 10.0. The lowest BCUT2D eigenvalue weighted by molar-refractivity contribution is -0.161. The number of carbonyl (C=O) groups excluding carboxylic acids is 3. The van der Waals surface area contributed by atoms with Crippen LogP contribution in [0.5, 0.6) is 5.75 Å². The zero-order valence-electron chi connectivity index (χ0n) is 25.9. The highest BCUT2D eigenvalue weighted by atomic mass is 32.2. The lowest BCUT2D eigenvalue weighted by Gasteiger charge is -2.36. The van der Waals surface area contributed by atoms with Gasteiger partial charge in [0, 0.05) is 43.7 Å². The van der Waals surface area contributed by atoms with E-state index in [1.54, 1.807) is 19.0 Å². The maximum Gasteiger partial charge on any atom is 0.360 e. The van der Waals surface area contributed by atoms with Crippen molar-refractivity contribution in [3.05, 3.63) is 44.0 Å². The highest BCUT2D eigenvalue weighted by Gasteiger charge is 2.44. The summed E-state index contributed by atoms with van der Waals surface area (Å²) in [5.74, 6) is -7.50. The van der Waals surface area contributed by atoms with Crippen LogP contribution in [0.3, 0.4) is 0 Å². The van der Waals surface area contributed by atoms with Crippen LogP contribution in [0, 0.1) is 5.92 Å². The molecule has 1 atom stereocenters. The van der Waals surface area contributed by atoms with Crippen LogP contribution in [0.4, 0.5) is 5.13 Å². The molecule has 3 aromatic rings. The first-order chi connectivity index (χ1) is 22.3. The van der Waals surface area contributed by atoms with Gasteiger partial charge in [-0.3, -0.25) is 28.6 Å². The molecular weight excluding hydrogens is 678 g/mol. The van der Waals surface area contributed by atoms with Crippen LogP contribution in [0.25, 0.3) is 11.5 Å². The first-order valence-corrected chi connectivity index (χ1v) is 16.4. The van der Waals surface area contributed by atoms with E-state index in [1.165, 1.54) is 19.2 Å². The number of H-pyrrole nitrogens is 1. The number of aromatic hydroxyl groups is 1. The van der Waals surface area contributed by atoms with Gasteiger partial charge in [-0.1, -0.05) is 5.16 Å². The van der Waals surface area contributed by atoms with Crippen molar-refractivity contribution >= 4 is 55.8 Å². The number of likely N-dealkylation sites (N-methyl/N-ethyl adjacent to an activating group) is 1. The van der Waals surface area contributed by atoms with Gasteiger partial charge in [-0.15, -0.1) is 20.5 Å². The average molecular weight is 710 g/mol. The third kappa shape index (κ3) is 7.50. The number of carboxylic acids is 1. The molecule has 5 N–H and O–H groups in total. The van der Waals surface area contributed by atoms with Crippen LogP contribution in [-0.4, -0.2) is 120 Å². The molecule has 0 radical (unpaired) electrons. The number of imide groups is 1. The molecule has 48 heavy (non-hydrogen) atoms. The Labute approximate surface area is 275 Å².